The molecule has 1 amide bonds. The highest BCUT2D eigenvalue weighted by molar-refractivity contribution is 7.90. The maximum Gasteiger partial charge on any atom is 0.490 e. The van der Waals surface area contributed by atoms with Crippen molar-refractivity contribution in [1.29, 1.82) is 0 Å². The van der Waals surface area contributed by atoms with Crippen molar-refractivity contribution in [3.05, 3.63) is 119 Å². The smallest absolute Gasteiger partial charge is 0.481 e. The number of aliphatic carboxylic acids is 2. The van der Waals surface area contributed by atoms with Crippen LogP contribution in [0.2, 0.25) is 0 Å². The number of aryl methyl sites for hydroxylation is 2. The molecule has 5 N–H and O–H groups in total. The van der Waals surface area contributed by atoms with Gasteiger partial charge in [0.15, 0.2) is 10.1 Å². The summed E-state index contributed by atoms with van der Waals surface area (Å²) < 4.78 is 94.7. The fourth-order valence-corrected chi connectivity index (χ4v) is 9.76. The number of nitrogens with zero attached hydrogens (tertiary/aromatic N) is 6. The van der Waals surface area contributed by atoms with E-state index in [-0.39, 0.29) is 28.9 Å². The molecule has 0 radical (unpaired) electrons. The van der Waals surface area contributed by atoms with E-state index in [1.807, 2.05) is 36.4 Å². The van der Waals surface area contributed by atoms with E-state index in [0.29, 0.717) is 17.8 Å². The van der Waals surface area contributed by atoms with E-state index in [1.165, 1.54) is 28.8 Å². The highest BCUT2D eigenvalue weighted by Gasteiger charge is 2.38. The standard InChI is InChI=1S/C23H24N4O4S.C17H17NO3.C6H9N3O2S.C2HF3O2/c1-31-22-13-16(9-11-24-22)19-8-5-15-3-2-4-18(15)20(19)14-21(28)26-32(29,30)23-10-12-27(25-23)17-6-7-17;1-21-16-9-12(7-8-18-16)14-6-5-11-3-2-4-13(11)15(14)10-17(19)20;7-12(10,11)6-3-4-9(8-6)5-1-2-5;3-2(4,5)1(6)7/h5,8-13,17H,2-4,6-7,14H2,1H3,(H,26,28);5-9H,2-4,10H2,1H3,(H,19,20);3-5H,1-2H2,(H2,7,10,11);(H,6,7). The van der Waals surface area contributed by atoms with Crippen molar-refractivity contribution in [2.45, 2.75) is 105 Å². The van der Waals surface area contributed by atoms with Gasteiger partial charge in [-0.1, -0.05) is 24.3 Å². The number of carbonyl (C=O) groups excluding carboxylic acids is 1. The molecule has 19 nitrogen and oxygen atoms in total. The van der Waals surface area contributed by atoms with Crippen molar-refractivity contribution in [3.8, 4) is 34.0 Å². The van der Waals surface area contributed by atoms with E-state index in [4.69, 9.17) is 24.5 Å². The van der Waals surface area contributed by atoms with E-state index in [1.54, 1.807) is 48.4 Å². The molecular formula is C48H51F3N8O11S2. The molecule has 4 aliphatic rings. The third kappa shape index (κ3) is 13.4. The quantitative estimate of drug-likeness (QED) is 0.100. The summed E-state index contributed by atoms with van der Waals surface area (Å²) in [5, 5.41) is 29.1. The predicted octanol–water partition coefficient (Wildman–Crippen LogP) is 6.20. The van der Waals surface area contributed by atoms with E-state index in [9.17, 15) is 44.7 Å². The average Bonchev–Trinajstić information content (AvgIpc) is 4.05. The largest absolute Gasteiger partial charge is 0.490 e. The number of aromatic nitrogens is 6. The van der Waals surface area contributed by atoms with Crippen molar-refractivity contribution in [2.24, 2.45) is 5.14 Å². The number of carbonyl (C=O) groups is 3. The van der Waals surface area contributed by atoms with Crippen LogP contribution in [0.15, 0.2) is 95.5 Å². The molecule has 4 aromatic heterocycles. The summed E-state index contributed by atoms with van der Waals surface area (Å²) in [5.74, 6) is -3.11. The molecule has 0 bridgehead atoms. The molecule has 2 saturated carbocycles. The molecule has 4 aliphatic carbocycles. The van der Waals surface area contributed by atoms with Crippen LogP contribution in [0.1, 0.15) is 84.0 Å². The number of hydrogen-bond acceptors (Lipinski definition) is 13. The number of carboxylic acid groups (broad SMARTS) is 2. The Morgan fingerprint density at radius 1 is 0.694 bits per heavy atom. The summed E-state index contributed by atoms with van der Waals surface area (Å²) in [5.41, 5.74) is 10.3. The van der Waals surface area contributed by atoms with Gasteiger partial charge in [-0.3, -0.25) is 19.0 Å². The number of alkyl halides is 3. The van der Waals surface area contributed by atoms with Crippen LogP contribution < -0.4 is 19.3 Å². The van der Waals surface area contributed by atoms with Gasteiger partial charge in [0, 0.05) is 36.9 Å². The highest BCUT2D eigenvalue weighted by atomic mass is 32.2. The monoisotopic (exact) mass is 1040 g/mol. The number of carboxylic acids is 2. The van der Waals surface area contributed by atoms with Gasteiger partial charge >= 0.3 is 18.1 Å². The fraction of sp³-hybridized carbons (Fsp3) is 0.354. The van der Waals surface area contributed by atoms with Gasteiger partial charge in [0.2, 0.25) is 17.7 Å². The summed E-state index contributed by atoms with van der Waals surface area (Å²) in [6, 6.07) is 19.2. The van der Waals surface area contributed by atoms with Gasteiger partial charge in [0.05, 0.1) is 39.1 Å². The number of rotatable bonds is 13. The second-order valence-electron chi connectivity index (χ2n) is 17.2. The maximum atomic E-state index is 12.9. The molecule has 2 aromatic carbocycles. The first-order valence-electron chi connectivity index (χ1n) is 22.6. The molecule has 72 heavy (non-hydrogen) atoms. The van der Waals surface area contributed by atoms with E-state index < -0.39 is 44.1 Å². The van der Waals surface area contributed by atoms with Gasteiger partial charge in [-0.2, -0.15) is 31.8 Å². The first kappa shape index (κ1) is 52.6. The number of amides is 1. The van der Waals surface area contributed by atoms with Gasteiger partial charge in [-0.15, -0.1) is 0 Å². The molecule has 382 valence electrons. The lowest BCUT2D eigenvalue weighted by atomic mass is 9.91. The lowest BCUT2D eigenvalue weighted by Gasteiger charge is -2.15. The van der Waals surface area contributed by atoms with Crippen LogP contribution in [0.5, 0.6) is 11.8 Å². The first-order chi connectivity index (χ1) is 34.1. The lowest BCUT2D eigenvalue weighted by Crippen LogP contribution is -2.32. The molecule has 0 unspecified atom stereocenters. The van der Waals surface area contributed by atoms with Gasteiger partial charge < -0.3 is 19.7 Å². The molecule has 4 heterocycles. The Morgan fingerprint density at radius 3 is 1.54 bits per heavy atom. The number of benzene rings is 2. The number of pyridine rings is 2. The third-order valence-electron chi connectivity index (χ3n) is 12.0. The molecule has 0 atom stereocenters. The zero-order valence-electron chi connectivity index (χ0n) is 39.0. The van der Waals surface area contributed by atoms with Crippen molar-refractivity contribution in [3.63, 3.8) is 0 Å². The molecule has 6 aromatic rings. The van der Waals surface area contributed by atoms with Crippen LogP contribution in [0.4, 0.5) is 13.2 Å². The minimum atomic E-state index is -5.08. The summed E-state index contributed by atoms with van der Waals surface area (Å²) in [4.78, 5) is 41.3. The average molecular weight is 1040 g/mol. The number of ether oxygens (including phenoxy) is 2. The SMILES string of the molecule is COc1cc(-c2ccc3c(c2CC(=O)NS(=O)(=O)c2ccn(C4CC4)n2)CCC3)ccn1.COc1cc(-c2ccc3c(c2CC(=O)O)CCC3)ccn1.NS(=O)(=O)c1ccn(C2CC2)n1.O=C(O)C(F)(F)F. The highest BCUT2D eigenvalue weighted by Crippen LogP contribution is 2.37. The maximum absolute atomic E-state index is 12.9. The topological polar surface area (TPSA) is 278 Å². The molecule has 2 fully saturated rings. The Labute approximate surface area is 412 Å². The fourth-order valence-electron chi connectivity index (χ4n) is 8.38. The van der Waals surface area contributed by atoms with Crippen molar-refractivity contribution in [2.75, 3.05) is 14.2 Å². The van der Waals surface area contributed by atoms with E-state index in [2.05, 4.69) is 37.0 Å². The van der Waals surface area contributed by atoms with Gasteiger partial charge in [-0.05, 0) is 144 Å². The van der Waals surface area contributed by atoms with Gasteiger partial charge in [0.1, 0.15) is 0 Å². The predicted molar refractivity (Wildman–Crippen MR) is 253 cm³/mol. The minimum absolute atomic E-state index is 0.0360. The number of nitrogens with two attached hydrogens (primary N) is 1. The Morgan fingerprint density at radius 2 is 1.14 bits per heavy atom. The number of nitrogens with one attached hydrogen (secondary N) is 1. The summed E-state index contributed by atoms with van der Waals surface area (Å²) >= 11 is 0. The Kier molecular flexibility index (Phi) is 16.1. The van der Waals surface area contributed by atoms with Crippen LogP contribution in [-0.2, 0) is 73.0 Å². The normalized spacial score (nSPS) is 14.8. The Hall–Kier alpha value is -7.18. The zero-order valence-corrected chi connectivity index (χ0v) is 40.6. The number of methoxy groups -OCH3 is 2. The number of fused-ring (bicyclic) bond motifs is 2. The third-order valence-corrected chi connectivity index (χ3v) is 14.1. The van der Waals surface area contributed by atoms with Crippen LogP contribution >= 0.6 is 0 Å². The second kappa shape index (κ2) is 22.1. The van der Waals surface area contributed by atoms with Crippen LogP contribution in [0.3, 0.4) is 0 Å². The molecular weight excluding hydrogens is 986 g/mol. The second-order valence-corrected chi connectivity index (χ2v) is 20.3. The van der Waals surface area contributed by atoms with Crippen LogP contribution in [0, 0.1) is 0 Å². The Balaban J connectivity index is 0.000000162. The van der Waals surface area contributed by atoms with E-state index in [0.717, 1.165) is 103 Å². The van der Waals surface area contributed by atoms with Gasteiger partial charge in [0.25, 0.3) is 20.0 Å². The minimum Gasteiger partial charge on any atom is -0.481 e. The molecule has 0 aliphatic heterocycles. The molecule has 0 saturated heterocycles. The summed E-state index contributed by atoms with van der Waals surface area (Å²) in [7, 11) is -4.52. The van der Waals surface area contributed by atoms with Crippen LogP contribution in [0.25, 0.3) is 22.3 Å². The lowest BCUT2D eigenvalue weighted by molar-refractivity contribution is -0.192. The summed E-state index contributed by atoms with van der Waals surface area (Å²) in [6.45, 7) is 0. The van der Waals surface area contributed by atoms with Crippen LogP contribution in [-0.4, -0.2) is 94.8 Å². The van der Waals surface area contributed by atoms with Crippen molar-refractivity contribution in [1.82, 2.24) is 34.3 Å². The van der Waals surface area contributed by atoms with Crippen molar-refractivity contribution >= 4 is 37.9 Å². The van der Waals surface area contributed by atoms with E-state index >= 15 is 0 Å². The Bertz CT molecular complexity index is 3210. The zero-order chi connectivity index (χ0) is 52.0. The number of halogens is 3. The molecule has 0 spiro atoms. The summed E-state index contributed by atoms with van der Waals surface area (Å²) in [6.07, 6.45) is 11.7. The number of sulfonamides is 2. The first-order valence-corrected chi connectivity index (χ1v) is 25.7. The molecule has 24 heteroatoms. The van der Waals surface area contributed by atoms with Crippen molar-refractivity contribution < 1.29 is 64.1 Å². The molecule has 10 rings (SSSR count). The number of primary sulfonamides is 1. The number of hydrogen-bond donors (Lipinski definition) is 4. The van der Waals surface area contributed by atoms with Gasteiger partial charge in [-0.25, -0.2) is 33.0 Å².